The molecule has 5 nitrogen and oxygen atoms in total. The van der Waals surface area contributed by atoms with Crippen LogP contribution in [0.5, 0.6) is 5.75 Å². The molecule has 0 aliphatic carbocycles. The number of carbonyl (C=O) groups is 1. The van der Waals surface area contributed by atoms with Gasteiger partial charge in [-0.2, -0.15) is 0 Å². The van der Waals surface area contributed by atoms with Crippen LogP contribution in [-0.4, -0.2) is 22.5 Å². The lowest BCUT2D eigenvalue weighted by molar-refractivity contribution is -0.118. The van der Waals surface area contributed by atoms with Crippen molar-refractivity contribution < 1.29 is 9.53 Å². The van der Waals surface area contributed by atoms with Gasteiger partial charge in [0, 0.05) is 34.6 Å². The maximum atomic E-state index is 12.4. The Labute approximate surface area is 179 Å². The molecule has 0 spiro atoms. The van der Waals surface area contributed by atoms with Crippen LogP contribution >= 0.6 is 11.3 Å². The third kappa shape index (κ3) is 4.72. The predicted molar refractivity (Wildman–Crippen MR) is 121 cm³/mol. The van der Waals surface area contributed by atoms with Crippen LogP contribution in [0.25, 0.3) is 21.8 Å². The van der Waals surface area contributed by atoms with Crippen molar-refractivity contribution in [3.8, 4) is 27.6 Å². The van der Waals surface area contributed by atoms with Crippen LogP contribution in [0.15, 0.2) is 78.4 Å². The van der Waals surface area contributed by atoms with Gasteiger partial charge in [0.2, 0.25) is 0 Å². The van der Waals surface area contributed by atoms with Crippen molar-refractivity contribution >= 4 is 22.9 Å². The molecular formula is C24H21N3O2S. The van der Waals surface area contributed by atoms with E-state index >= 15 is 0 Å². The lowest BCUT2D eigenvalue weighted by Crippen LogP contribution is -2.20. The second-order valence-electron chi connectivity index (χ2n) is 6.65. The summed E-state index contributed by atoms with van der Waals surface area (Å²) < 4.78 is 5.70. The summed E-state index contributed by atoms with van der Waals surface area (Å²) in [6.07, 6.45) is 4.37. The minimum Gasteiger partial charge on any atom is -0.483 e. The van der Waals surface area contributed by atoms with Gasteiger partial charge in [-0.05, 0) is 42.3 Å². The van der Waals surface area contributed by atoms with Gasteiger partial charge in [0.25, 0.3) is 5.91 Å². The molecule has 0 bridgehead atoms. The number of anilines is 1. The standard InChI is InChI=1S/C24H21N3O2S/c1-2-17-6-3-4-9-22(17)29-15-23(28)26-20-8-5-7-19(14-20)21-16-30-24(27-21)18-10-12-25-13-11-18/h3-14,16H,2,15H2,1H3,(H,26,28). The van der Waals surface area contributed by atoms with E-state index in [1.165, 1.54) is 0 Å². The summed E-state index contributed by atoms with van der Waals surface area (Å²) in [6.45, 7) is 2.02. The van der Waals surface area contributed by atoms with Crippen LogP contribution in [0, 0.1) is 0 Å². The van der Waals surface area contributed by atoms with Gasteiger partial charge in [-0.3, -0.25) is 9.78 Å². The number of nitrogens with zero attached hydrogens (tertiary/aromatic N) is 2. The highest BCUT2D eigenvalue weighted by Crippen LogP contribution is 2.29. The number of hydrogen-bond acceptors (Lipinski definition) is 5. The summed E-state index contributed by atoms with van der Waals surface area (Å²) in [5, 5.41) is 5.85. The summed E-state index contributed by atoms with van der Waals surface area (Å²) in [5.74, 6) is 0.545. The minimum absolute atomic E-state index is 0.0376. The first-order valence-electron chi connectivity index (χ1n) is 9.70. The number of aryl methyl sites for hydroxylation is 1. The van der Waals surface area contributed by atoms with Crippen LogP contribution in [0.3, 0.4) is 0 Å². The third-order valence-corrected chi connectivity index (χ3v) is 5.48. The Bertz CT molecular complexity index is 1140. The summed E-state index contributed by atoms with van der Waals surface area (Å²) in [7, 11) is 0. The normalized spacial score (nSPS) is 10.6. The van der Waals surface area contributed by atoms with E-state index < -0.39 is 0 Å². The summed E-state index contributed by atoms with van der Waals surface area (Å²) >= 11 is 1.58. The molecule has 4 rings (SSSR count). The van der Waals surface area contributed by atoms with Gasteiger partial charge in [-0.15, -0.1) is 11.3 Å². The molecular weight excluding hydrogens is 394 g/mol. The van der Waals surface area contributed by atoms with E-state index in [1.54, 1.807) is 23.7 Å². The molecule has 2 aromatic heterocycles. The van der Waals surface area contributed by atoms with Crippen LogP contribution in [0.4, 0.5) is 5.69 Å². The van der Waals surface area contributed by atoms with Crippen LogP contribution in [-0.2, 0) is 11.2 Å². The molecule has 0 saturated carbocycles. The van der Waals surface area contributed by atoms with Crippen molar-refractivity contribution in [2.75, 3.05) is 11.9 Å². The fourth-order valence-electron chi connectivity index (χ4n) is 3.07. The topological polar surface area (TPSA) is 64.1 Å². The Morgan fingerprint density at radius 2 is 1.87 bits per heavy atom. The highest BCUT2D eigenvalue weighted by molar-refractivity contribution is 7.13. The molecule has 1 N–H and O–H groups in total. The second-order valence-corrected chi connectivity index (χ2v) is 7.51. The Morgan fingerprint density at radius 3 is 2.70 bits per heavy atom. The van der Waals surface area contributed by atoms with Crippen molar-refractivity contribution in [2.45, 2.75) is 13.3 Å². The van der Waals surface area contributed by atoms with Crippen molar-refractivity contribution in [3.63, 3.8) is 0 Å². The van der Waals surface area contributed by atoms with E-state index in [0.717, 1.165) is 39.6 Å². The van der Waals surface area contributed by atoms with E-state index in [0.29, 0.717) is 5.69 Å². The maximum Gasteiger partial charge on any atom is 0.262 e. The van der Waals surface area contributed by atoms with E-state index in [1.807, 2.05) is 66.0 Å². The molecule has 6 heteroatoms. The number of hydrogen-bond donors (Lipinski definition) is 1. The van der Waals surface area contributed by atoms with Crippen molar-refractivity contribution in [1.82, 2.24) is 9.97 Å². The third-order valence-electron chi connectivity index (χ3n) is 4.59. The van der Waals surface area contributed by atoms with Gasteiger partial charge in [-0.25, -0.2) is 4.98 Å². The highest BCUT2D eigenvalue weighted by atomic mass is 32.1. The molecule has 0 aliphatic rings. The first-order valence-corrected chi connectivity index (χ1v) is 10.6. The highest BCUT2D eigenvalue weighted by Gasteiger charge is 2.09. The molecule has 30 heavy (non-hydrogen) atoms. The number of amides is 1. The van der Waals surface area contributed by atoms with E-state index in [2.05, 4.69) is 17.2 Å². The number of ether oxygens (including phenoxy) is 1. The molecule has 0 saturated heterocycles. The van der Waals surface area contributed by atoms with Crippen molar-refractivity contribution in [3.05, 3.63) is 84.0 Å². The van der Waals surface area contributed by atoms with Crippen molar-refractivity contribution in [2.24, 2.45) is 0 Å². The molecule has 0 unspecified atom stereocenters. The fourth-order valence-corrected chi connectivity index (χ4v) is 3.90. The number of thiazole rings is 1. The molecule has 0 fully saturated rings. The average molecular weight is 416 g/mol. The summed E-state index contributed by atoms with van der Waals surface area (Å²) in [6, 6.07) is 19.3. The zero-order chi connectivity index (χ0) is 20.8. The number of benzene rings is 2. The van der Waals surface area contributed by atoms with Crippen LogP contribution in [0.1, 0.15) is 12.5 Å². The number of rotatable bonds is 7. The van der Waals surface area contributed by atoms with E-state index in [-0.39, 0.29) is 12.5 Å². The van der Waals surface area contributed by atoms with Gasteiger partial charge in [0.1, 0.15) is 10.8 Å². The van der Waals surface area contributed by atoms with Gasteiger partial charge in [-0.1, -0.05) is 37.3 Å². The number of pyridine rings is 1. The lowest BCUT2D eigenvalue weighted by Gasteiger charge is -2.11. The first kappa shape index (κ1) is 19.8. The Balaban J connectivity index is 1.42. The summed E-state index contributed by atoms with van der Waals surface area (Å²) in [5.41, 5.74) is 4.65. The molecule has 0 radical (unpaired) electrons. The lowest BCUT2D eigenvalue weighted by atomic mass is 10.1. The largest absolute Gasteiger partial charge is 0.483 e. The Morgan fingerprint density at radius 1 is 1.03 bits per heavy atom. The monoisotopic (exact) mass is 415 g/mol. The smallest absolute Gasteiger partial charge is 0.262 e. The number of para-hydroxylation sites is 1. The number of carbonyl (C=O) groups excluding carboxylic acids is 1. The maximum absolute atomic E-state index is 12.4. The zero-order valence-electron chi connectivity index (χ0n) is 16.5. The number of aromatic nitrogens is 2. The van der Waals surface area contributed by atoms with Gasteiger partial charge < -0.3 is 10.1 Å². The van der Waals surface area contributed by atoms with Gasteiger partial charge >= 0.3 is 0 Å². The molecule has 2 heterocycles. The molecule has 1 amide bonds. The molecule has 0 aliphatic heterocycles. The quantitative estimate of drug-likeness (QED) is 0.436. The van der Waals surface area contributed by atoms with Gasteiger partial charge in [0.15, 0.2) is 6.61 Å². The number of nitrogens with one attached hydrogen (secondary N) is 1. The first-order chi connectivity index (χ1) is 14.7. The zero-order valence-corrected chi connectivity index (χ0v) is 17.4. The van der Waals surface area contributed by atoms with Crippen LogP contribution in [0.2, 0.25) is 0 Å². The molecule has 4 aromatic rings. The average Bonchev–Trinajstić information content (AvgIpc) is 3.29. The summed E-state index contributed by atoms with van der Waals surface area (Å²) in [4.78, 5) is 21.1. The predicted octanol–water partition coefficient (Wildman–Crippen LogP) is 5.45. The van der Waals surface area contributed by atoms with E-state index in [9.17, 15) is 4.79 Å². The van der Waals surface area contributed by atoms with E-state index in [4.69, 9.17) is 9.72 Å². The molecule has 2 aromatic carbocycles. The second kappa shape index (κ2) is 9.33. The van der Waals surface area contributed by atoms with Gasteiger partial charge in [0.05, 0.1) is 5.69 Å². The SMILES string of the molecule is CCc1ccccc1OCC(=O)Nc1cccc(-c2csc(-c3ccncc3)n2)c1. The minimum atomic E-state index is -0.200. The fraction of sp³-hybridized carbons (Fsp3) is 0.125. The Hall–Kier alpha value is -3.51. The molecule has 150 valence electrons. The molecule has 0 atom stereocenters. The van der Waals surface area contributed by atoms with Crippen LogP contribution < -0.4 is 10.1 Å². The Kier molecular flexibility index (Phi) is 6.15. The van der Waals surface area contributed by atoms with Crippen molar-refractivity contribution in [1.29, 1.82) is 0 Å².